The SMILES string of the molecule is CCCN(CC)C(=O)COC(=O)c1ccc(N2CCN(C(=O)[C@@H](Cc3cc(Cl)c(N)c(C(F)(F)F)c3)OC(=O)N3CCC(N4Cc5ccccc5NC4=O)CC3)CC2)cc1. The minimum Gasteiger partial charge on any atom is -0.452 e. The number of nitrogens with zero attached hydrogens (tertiary/aromatic N) is 5. The molecule has 14 nitrogen and oxygen atoms in total. The van der Waals surface area contributed by atoms with E-state index in [1.165, 1.54) is 15.9 Å². The molecule has 0 saturated carbocycles. The van der Waals surface area contributed by atoms with Crippen molar-refractivity contribution in [3.8, 4) is 0 Å². The Morgan fingerprint density at radius 2 is 1.63 bits per heavy atom. The van der Waals surface area contributed by atoms with Crippen molar-refractivity contribution >= 4 is 58.6 Å². The van der Waals surface area contributed by atoms with Crippen LogP contribution in [0.25, 0.3) is 0 Å². The highest BCUT2D eigenvalue weighted by atomic mass is 35.5. The lowest BCUT2D eigenvalue weighted by atomic mass is 10.0. The Kier molecular flexibility index (Phi) is 14.0. The van der Waals surface area contributed by atoms with Crippen molar-refractivity contribution in [3.63, 3.8) is 0 Å². The number of likely N-dealkylation sites (tertiary alicyclic amines) is 1. The van der Waals surface area contributed by atoms with Gasteiger partial charge in [-0.3, -0.25) is 9.59 Å². The maximum Gasteiger partial charge on any atom is 0.418 e. The first-order valence-corrected chi connectivity index (χ1v) is 20.4. The highest BCUT2D eigenvalue weighted by Gasteiger charge is 2.38. The number of carbonyl (C=O) groups excluding carboxylic acids is 5. The van der Waals surface area contributed by atoms with E-state index in [4.69, 9.17) is 26.8 Å². The summed E-state index contributed by atoms with van der Waals surface area (Å²) >= 11 is 6.12. The second-order valence-electron chi connectivity index (χ2n) is 15.0. The van der Waals surface area contributed by atoms with E-state index < -0.39 is 47.9 Å². The number of nitrogen functional groups attached to an aromatic ring is 1. The molecule has 0 spiro atoms. The van der Waals surface area contributed by atoms with Gasteiger partial charge in [-0.05, 0) is 79.8 Å². The third-order valence-corrected chi connectivity index (χ3v) is 11.4. The highest BCUT2D eigenvalue weighted by molar-refractivity contribution is 6.33. The summed E-state index contributed by atoms with van der Waals surface area (Å²) in [5.41, 5.74) is 6.63. The van der Waals surface area contributed by atoms with E-state index in [1.807, 2.05) is 43.0 Å². The summed E-state index contributed by atoms with van der Waals surface area (Å²) in [5, 5.41) is 2.56. The van der Waals surface area contributed by atoms with Crippen LogP contribution in [0.3, 0.4) is 0 Å². The first kappa shape index (κ1) is 43.9. The summed E-state index contributed by atoms with van der Waals surface area (Å²) in [7, 11) is 0. The molecule has 0 bridgehead atoms. The molecule has 18 heteroatoms. The Bertz CT molecular complexity index is 2060. The summed E-state index contributed by atoms with van der Waals surface area (Å²) in [6.07, 6.45) is -5.82. The van der Waals surface area contributed by atoms with Gasteiger partial charge in [0.1, 0.15) is 0 Å². The molecule has 0 aliphatic carbocycles. The number of hydrogen-bond donors (Lipinski definition) is 2. The number of alkyl halides is 3. The zero-order valence-electron chi connectivity index (χ0n) is 33.5. The number of benzene rings is 3. The second kappa shape index (κ2) is 19.1. The number of amides is 5. The number of anilines is 3. The number of rotatable bonds is 12. The standard InChI is InChI=1S/C42H49ClF3N7O7/c1-3-15-49(4-2)36(54)26-59-39(56)28-9-11-30(12-10-28)50-18-20-51(21-19-50)38(55)35(24-27-22-32(42(44,45)46)37(47)33(43)23-27)60-41(58)52-16-13-31(14-17-52)53-25-29-7-5-6-8-34(29)48-40(53)57/h5-12,22-23,31,35H,3-4,13-21,24-26,47H2,1-2H3,(H,48,57)/t35-/m1/s1. The first-order valence-electron chi connectivity index (χ1n) is 20.0. The van der Waals surface area contributed by atoms with Gasteiger partial charge in [0.25, 0.3) is 11.8 Å². The van der Waals surface area contributed by atoms with E-state index in [9.17, 15) is 37.1 Å². The highest BCUT2D eigenvalue weighted by Crippen LogP contribution is 2.38. The van der Waals surface area contributed by atoms with E-state index >= 15 is 0 Å². The topological polar surface area (TPSA) is 158 Å². The van der Waals surface area contributed by atoms with Gasteiger partial charge in [-0.25, -0.2) is 14.4 Å². The summed E-state index contributed by atoms with van der Waals surface area (Å²) in [6.45, 7) is 6.55. The van der Waals surface area contributed by atoms with Crippen LogP contribution in [0.15, 0.2) is 60.7 Å². The van der Waals surface area contributed by atoms with Crippen molar-refractivity contribution in [1.82, 2.24) is 19.6 Å². The monoisotopic (exact) mass is 855 g/mol. The van der Waals surface area contributed by atoms with Crippen molar-refractivity contribution in [2.24, 2.45) is 0 Å². The van der Waals surface area contributed by atoms with E-state index in [2.05, 4.69) is 5.32 Å². The lowest BCUT2D eigenvalue weighted by molar-refractivity contribution is -0.141. The smallest absolute Gasteiger partial charge is 0.418 e. The van der Waals surface area contributed by atoms with Crippen LogP contribution in [-0.2, 0) is 38.2 Å². The minimum atomic E-state index is -4.82. The van der Waals surface area contributed by atoms with Crippen molar-refractivity contribution in [2.75, 3.05) is 74.9 Å². The number of halogens is 4. The Morgan fingerprint density at radius 3 is 2.28 bits per heavy atom. The number of ether oxygens (including phenoxy) is 2. The lowest BCUT2D eigenvalue weighted by Crippen LogP contribution is -2.54. The molecular weight excluding hydrogens is 807 g/mol. The molecule has 3 aliphatic heterocycles. The van der Waals surface area contributed by atoms with Crippen LogP contribution in [0, 0.1) is 0 Å². The molecule has 1 atom stereocenters. The molecule has 3 aromatic rings. The molecule has 2 saturated heterocycles. The molecule has 60 heavy (non-hydrogen) atoms. The van der Waals surface area contributed by atoms with Gasteiger partial charge in [-0.2, -0.15) is 13.2 Å². The van der Waals surface area contributed by atoms with Crippen LogP contribution in [0.1, 0.15) is 60.2 Å². The predicted octanol–water partition coefficient (Wildman–Crippen LogP) is 6.26. The minimum absolute atomic E-state index is 0.00745. The number of hydrogen-bond acceptors (Lipinski definition) is 9. The predicted molar refractivity (Wildman–Crippen MR) is 219 cm³/mol. The third kappa shape index (κ3) is 10.3. The van der Waals surface area contributed by atoms with Gasteiger partial charge in [-0.15, -0.1) is 0 Å². The Labute approximate surface area is 351 Å². The fraction of sp³-hybridized carbons (Fsp3) is 0.452. The first-order chi connectivity index (χ1) is 28.7. The number of nitrogens with two attached hydrogens (primary N) is 1. The molecule has 322 valence electrons. The third-order valence-electron chi connectivity index (χ3n) is 11.1. The van der Waals surface area contributed by atoms with Crippen LogP contribution >= 0.6 is 11.6 Å². The molecule has 3 aromatic carbocycles. The van der Waals surface area contributed by atoms with Gasteiger partial charge >= 0.3 is 24.3 Å². The number of esters is 1. The van der Waals surface area contributed by atoms with Crippen molar-refractivity contribution in [2.45, 2.75) is 64.4 Å². The average molecular weight is 856 g/mol. The molecule has 3 heterocycles. The van der Waals surface area contributed by atoms with Crippen molar-refractivity contribution in [3.05, 3.63) is 87.9 Å². The molecule has 6 rings (SSSR count). The number of piperidine rings is 1. The van der Waals surface area contributed by atoms with Gasteiger partial charge in [0, 0.05) is 82.7 Å². The van der Waals surface area contributed by atoms with Crippen LogP contribution in [0.4, 0.5) is 39.8 Å². The molecule has 2 fully saturated rings. The van der Waals surface area contributed by atoms with E-state index in [0.29, 0.717) is 45.6 Å². The molecule has 5 amide bonds. The second-order valence-corrected chi connectivity index (χ2v) is 15.4. The number of carbonyl (C=O) groups is 5. The van der Waals surface area contributed by atoms with Crippen molar-refractivity contribution < 1.29 is 46.6 Å². The van der Waals surface area contributed by atoms with Gasteiger partial charge in [0.05, 0.1) is 21.8 Å². The summed E-state index contributed by atoms with van der Waals surface area (Å²) < 4.78 is 52.8. The number of urea groups is 1. The van der Waals surface area contributed by atoms with Crippen molar-refractivity contribution in [1.29, 1.82) is 0 Å². The fourth-order valence-electron chi connectivity index (χ4n) is 7.72. The summed E-state index contributed by atoms with van der Waals surface area (Å²) in [5.74, 6) is -1.49. The Balaban J connectivity index is 1.09. The Hall–Kier alpha value is -5.71. The van der Waals surface area contributed by atoms with Gasteiger partial charge in [-0.1, -0.05) is 36.7 Å². The number of fused-ring (bicyclic) bond motifs is 1. The van der Waals surface area contributed by atoms with E-state index in [-0.39, 0.29) is 66.9 Å². The Morgan fingerprint density at radius 1 is 0.950 bits per heavy atom. The number of nitrogens with one attached hydrogen (secondary N) is 1. The van der Waals surface area contributed by atoms with E-state index in [0.717, 1.165) is 29.4 Å². The van der Waals surface area contributed by atoms with Crippen LogP contribution in [0.5, 0.6) is 0 Å². The lowest BCUT2D eigenvalue weighted by Gasteiger charge is -2.40. The van der Waals surface area contributed by atoms with E-state index in [1.54, 1.807) is 34.1 Å². The zero-order valence-corrected chi connectivity index (χ0v) is 34.3. The maximum atomic E-state index is 14.1. The van der Waals surface area contributed by atoms with Crippen LogP contribution < -0.4 is 16.0 Å². The normalized spacial score (nSPS) is 16.5. The molecule has 3 N–H and O–H groups in total. The van der Waals surface area contributed by atoms with Crippen LogP contribution in [-0.4, -0.2) is 121 Å². The fourth-order valence-corrected chi connectivity index (χ4v) is 7.96. The number of likely N-dealkylation sites (N-methyl/N-ethyl adjacent to an activating group) is 1. The zero-order chi connectivity index (χ0) is 43.1. The average Bonchev–Trinajstić information content (AvgIpc) is 3.24. The molecular formula is C42H49ClF3N7O7. The van der Waals surface area contributed by atoms with Gasteiger partial charge < -0.3 is 45.0 Å². The molecule has 0 radical (unpaired) electrons. The van der Waals surface area contributed by atoms with Gasteiger partial charge in [0.15, 0.2) is 12.7 Å². The van der Waals surface area contributed by atoms with Crippen LogP contribution in [0.2, 0.25) is 5.02 Å². The largest absolute Gasteiger partial charge is 0.452 e. The number of para-hydroxylation sites is 1. The maximum absolute atomic E-state index is 14.1. The summed E-state index contributed by atoms with van der Waals surface area (Å²) in [4.78, 5) is 74.0. The number of piperazine rings is 1. The van der Waals surface area contributed by atoms with Gasteiger partial charge in [0.2, 0.25) is 0 Å². The summed E-state index contributed by atoms with van der Waals surface area (Å²) in [6, 6.07) is 15.8. The molecule has 0 unspecified atom stereocenters. The molecule has 0 aromatic heterocycles. The molecule has 3 aliphatic rings. The quantitative estimate of drug-likeness (QED) is 0.158.